The number of benzene rings is 2. The van der Waals surface area contributed by atoms with Crippen LogP contribution in [0.25, 0.3) is 0 Å². The van der Waals surface area contributed by atoms with Crippen molar-refractivity contribution in [2.24, 2.45) is 11.3 Å². The summed E-state index contributed by atoms with van der Waals surface area (Å²) in [6.45, 7) is 16.1. The van der Waals surface area contributed by atoms with Crippen molar-refractivity contribution >= 4 is 5.97 Å². The van der Waals surface area contributed by atoms with E-state index in [1.807, 2.05) is 25.1 Å². The zero-order valence-electron chi connectivity index (χ0n) is 22.1. The maximum absolute atomic E-state index is 13.0. The summed E-state index contributed by atoms with van der Waals surface area (Å²) in [6.07, 6.45) is 0. The van der Waals surface area contributed by atoms with Crippen molar-refractivity contribution in [3.05, 3.63) is 65.2 Å². The van der Waals surface area contributed by atoms with Crippen LogP contribution in [0.4, 0.5) is 0 Å². The predicted molar refractivity (Wildman–Crippen MR) is 138 cm³/mol. The van der Waals surface area contributed by atoms with Crippen molar-refractivity contribution in [3.8, 4) is 5.75 Å². The van der Waals surface area contributed by atoms with Crippen LogP contribution in [0.3, 0.4) is 0 Å². The molecule has 1 heterocycles. The largest absolute Gasteiger partial charge is 0.496 e. The van der Waals surface area contributed by atoms with E-state index in [1.165, 1.54) is 5.56 Å². The number of rotatable bonds is 7. The molecule has 0 aliphatic carbocycles. The average molecular weight is 467 g/mol. The molecule has 5 nitrogen and oxygen atoms in total. The van der Waals surface area contributed by atoms with E-state index >= 15 is 0 Å². The zero-order valence-corrected chi connectivity index (χ0v) is 22.1. The summed E-state index contributed by atoms with van der Waals surface area (Å²) >= 11 is 0. The number of ether oxygens (including phenoxy) is 2. The fourth-order valence-corrected chi connectivity index (χ4v) is 5.12. The van der Waals surface area contributed by atoms with E-state index in [-0.39, 0.29) is 40.8 Å². The van der Waals surface area contributed by atoms with Crippen molar-refractivity contribution in [1.29, 1.82) is 0 Å². The van der Waals surface area contributed by atoms with Crippen molar-refractivity contribution in [1.82, 2.24) is 10.6 Å². The molecule has 0 aromatic heterocycles. The van der Waals surface area contributed by atoms with Crippen LogP contribution in [0.2, 0.25) is 0 Å². The van der Waals surface area contributed by atoms with Gasteiger partial charge in [-0.15, -0.1) is 0 Å². The molecule has 1 saturated heterocycles. The molecule has 0 spiro atoms. The molecule has 0 amide bonds. The fraction of sp³-hybridized carbons (Fsp3) is 0.552. The first-order valence-electron chi connectivity index (χ1n) is 12.4. The van der Waals surface area contributed by atoms with Crippen molar-refractivity contribution in [2.45, 2.75) is 78.6 Å². The summed E-state index contributed by atoms with van der Waals surface area (Å²) in [4.78, 5) is 13.0. The lowest BCUT2D eigenvalue weighted by Crippen LogP contribution is -2.47. The van der Waals surface area contributed by atoms with Crippen LogP contribution in [0.15, 0.2) is 48.5 Å². The minimum absolute atomic E-state index is 0.0170. The van der Waals surface area contributed by atoms with Gasteiger partial charge in [-0.05, 0) is 34.9 Å². The van der Waals surface area contributed by atoms with E-state index in [1.54, 1.807) is 7.11 Å². The van der Waals surface area contributed by atoms with Crippen molar-refractivity contribution < 1.29 is 14.3 Å². The number of carbonyl (C=O) groups is 1. The minimum Gasteiger partial charge on any atom is -0.496 e. The highest BCUT2D eigenvalue weighted by Crippen LogP contribution is 2.43. The second-order valence-corrected chi connectivity index (χ2v) is 11.4. The molecule has 5 heteroatoms. The number of esters is 1. The van der Waals surface area contributed by atoms with Gasteiger partial charge in [-0.2, -0.15) is 0 Å². The molecule has 3 rings (SSSR count). The second kappa shape index (κ2) is 10.5. The van der Waals surface area contributed by atoms with Gasteiger partial charge < -0.3 is 14.8 Å². The Hall–Kier alpha value is -2.37. The van der Waals surface area contributed by atoms with E-state index in [2.05, 4.69) is 82.5 Å². The Morgan fingerprint density at radius 2 is 1.71 bits per heavy atom. The van der Waals surface area contributed by atoms with Gasteiger partial charge in [0.15, 0.2) is 0 Å². The summed E-state index contributed by atoms with van der Waals surface area (Å²) in [5.74, 6) is 0.727. The minimum atomic E-state index is -0.384. The highest BCUT2D eigenvalue weighted by Gasteiger charge is 2.51. The van der Waals surface area contributed by atoms with Gasteiger partial charge in [0.25, 0.3) is 0 Å². The second-order valence-electron chi connectivity index (χ2n) is 11.4. The molecule has 34 heavy (non-hydrogen) atoms. The Labute approximate surface area is 205 Å². The van der Waals surface area contributed by atoms with Crippen LogP contribution >= 0.6 is 0 Å². The molecule has 2 aromatic carbocycles. The molecule has 2 aromatic rings. The number of nitrogens with one attached hydrogen (secondary N) is 2. The normalized spacial score (nSPS) is 23.1. The first kappa shape index (κ1) is 26.2. The molecule has 1 aliphatic rings. The van der Waals surface area contributed by atoms with E-state index in [9.17, 15) is 4.79 Å². The summed E-state index contributed by atoms with van der Waals surface area (Å²) in [5, 5.41) is 7.46. The van der Waals surface area contributed by atoms with Crippen LogP contribution in [0.1, 0.15) is 71.2 Å². The predicted octanol–water partition coefficient (Wildman–Crippen LogP) is 5.39. The third-order valence-electron chi connectivity index (χ3n) is 6.84. The SMILES string of the molecule is CCOC(=O)[C@H]1N[C@@H](c2ccccc2)[C@@H](NCc2cc(C(C)(C)C)ccc2OC)[C@@H]1C(C)(C)C. The van der Waals surface area contributed by atoms with Gasteiger partial charge in [0.2, 0.25) is 0 Å². The van der Waals surface area contributed by atoms with Gasteiger partial charge in [-0.1, -0.05) is 84.0 Å². The topological polar surface area (TPSA) is 59.6 Å². The van der Waals surface area contributed by atoms with Gasteiger partial charge in [0, 0.05) is 30.1 Å². The smallest absolute Gasteiger partial charge is 0.323 e. The lowest BCUT2D eigenvalue weighted by Gasteiger charge is -2.36. The maximum atomic E-state index is 13.0. The third-order valence-corrected chi connectivity index (χ3v) is 6.84. The lowest BCUT2D eigenvalue weighted by molar-refractivity contribution is -0.147. The standard InChI is InChI=1S/C29H42N2O3/c1-9-34-27(32)26-23(29(5,6)7)25(24(31-26)19-13-11-10-12-14-19)30-18-20-17-21(28(2,3)4)15-16-22(20)33-8/h10-17,23-26,30-31H,9,18H2,1-8H3/t23-,24-,25-,26-/m0/s1. The molecule has 0 radical (unpaired) electrons. The maximum Gasteiger partial charge on any atom is 0.323 e. The van der Waals surface area contributed by atoms with Gasteiger partial charge in [-0.25, -0.2) is 0 Å². The lowest BCUT2D eigenvalue weighted by atomic mass is 9.72. The molecule has 4 atom stereocenters. The molecule has 0 saturated carbocycles. The molecule has 0 bridgehead atoms. The molecular weight excluding hydrogens is 424 g/mol. The Kier molecular flexibility index (Phi) is 8.10. The summed E-state index contributed by atoms with van der Waals surface area (Å²) in [6, 6.07) is 16.4. The summed E-state index contributed by atoms with van der Waals surface area (Å²) < 4.78 is 11.2. The Morgan fingerprint density at radius 1 is 1.03 bits per heavy atom. The van der Waals surface area contributed by atoms with Crippen LogP contribution < -0.4 is 15.4 Å². The molecule has 0 unspecified atom stereocenters. The highest BCUT2D eigenvalue weighted by molar-refractivity contribution is 5.77. The monoisotopic (exact) mass is 466 g/mol. The zero-order chi connectivity index (χ0) is 25.1. The van der Waals surface area contributed by atoms with Gasteiger partial charge in [0.05, 0.1) is 13.7 Å². The Balaban J connectivity index is 1.99. The number of methoxy groups -OCH3 is 1. The van der Waals surface area contributed by atoms with Crippen molar-refractivity contribution in [3.63, 3.8) is 0 Å². The van der Waals surface area contributed by atoms with Gasteiger partial charge >= 0.3 is 5.97 Å². The number of carbonyl (C=O) groups excluding carboxylic acids is 1. The molecule has 1 aliphatic heterocycles. The van der Waals surface area contributed by atoms with E-state index in [4.69, 9.17) is 9.47 Å². The van der Waals surface area contributed by atoms with Crippen molar-refractivity contribution in [2.75, 3.05) is 13.7 Å². The van der Waals surface area contributed by atoms with E-state index in [0.717, 1.165) is 16.9 Å². The van der Waals surface area contributed by atoms with Crippen LogP contribution in [-0.2, 0) is 21.5 Å². The van der Waals surface area contributed by atoms with E-state index < -0.39 is 0 Å². The molecule has 186 valence electrons. The van der Waals surface area contributed by atoms with Crippen LogP contribution in [0.5, 0.6) is 5.75 Å². The molecular formula is C29H42N2O3. The van der Waals surface area contributed by atoms with Gasteiger partial charge in [-0.3, -0.25) is 10.1 Å². The van der Waals surface area contributed by atoms with Crippen LogP contribution in [-0.4, -0.2) is 31.8 Å². The highest BCUT2D eigenvalue weighted by atomic mass is 16.5. The Morgan fingerprint density at radius 3 is 2.26 bits per heavy atom. The van der Waals surface area contributed by atoms with Crippen LogP contribution in [0, 0.1) is 11.3 Å². The van der Waals surface area contributed by atoms with Gasteiger partial charge in [0.1, 0.15) is 11.8 Å². The third kappa shape index (κ3) is 5.81. The Bertz CT molecular complexity index is 960. The summed E-state index contributed by atoms with van der Waals surface area (Å²) in [7, 11) is 1.72. The van der Waals surface area contributed by atoms with E-state index in [0.29, 0.717) is 13.2 Å². The number of hydrogen-bond acceptors (Lipinski definition) is 5. The average Bonchev–Trinajstić information content (AvgIpc) is 3.18. The quantitative estimate of drug-likeness (QED) is 0.536. The summed E-state index contributed by atoms with van der Waals surface area (Å²) in [5.41, 5.74) is 3.48. The first-order chi connectivity index (χ1) is 16.0. The molecule has 1 fully saturated rings. The first-order valence-corrected chi connectivity index (χ1v) is 12.4. The number of hydrogen-bond donors (Lipinski definition) is 2. The molecule has 2 N–H and O–H groups in total. The fourth-order valence-electron chi connectivity index (χ4n) is 5.12.